The predicted molar refractivity (Wildman–Crippen MR) is 62.7 cm³/mol. The zero-order valence-corrected chi connectivity index (χ0v) is 9.75. The molecule has 1 atom stereocenters. The Morgan fingerprint density at radius 2 is 2.19 bits per heavy atom. The van der Waals surface area contributed by atoms with Gasteiger partial charge < -0.3 is 4.74 Å². The zero-order chi connectivity index (χ0) is 11.5. The molecule has 0 amide bonds. The maximum atomic E-state index is 11.8. The van der Waals surface area contributed by atoms with Crippen molar-refractivity contribution in [2.45, 2.75) is 11.7 Å². The van der Waals surface area contributed by atoms with Gasteiger partial charge in [0.15, 0.2) is 5.78 Å². The van der Waals surface area contributed by atoms with Crippen molar-refractivity contribution in [1.82, 2.24) is 0 Å². The van der Waals surface area contributed by atoms with E-state index in [1.54, 1.807) is 0 Å². The van der Waals surface area contributed by atoms with E-state index in [1.165, 1.54) is 18.9 Å². The number of methoxy groups -OCH3 is 1. The van der Waals surface area contributed by atoms with E-state index < -0.39 is 0 Å². The average Bonchev–Trinajstić information content (AvgIpc) is 2.49. The zero-order valence-electron chi connectivity index (χ0n) is 8.93. The number of carbonyl (C=O) groups is 2. The number of hydrogen-bond acceptors (Lipinski definition) is 4. The largest absolute Gasteiger partial charge is 0.468 e. The fourth-order valence-electron chi connectivity index (χ4n) is 1.77. The van der Waals surface area contributed by atoms with Crippen molar-refractivity contribution in [3.8, 4) is 0 Å². The Labute approximate surface area is 98.2 Å². The molecule has 1 aromatic carbocycles. The molecule has 4 heteroatoms. The molecule has 0 radical (unpaired) electrons. The highest BCUT2D eigenvalue weighted by molar-refractivity contribution is 8.01. The van der Waals surface area contributed by atoms with Gasteiger partial charge in [0.2, 0.25) is 0 Å². The van der Waals surface area contributed by atoms with Gasteiger partial charge in [0, 0.05) is 5.56 Å². The monoisotopic (exact) mass is 236 g/mol. The number of ether oxygens (including phenoxy) is 1. The summed E-state index contributed by atoms with van der Waals surface area (Å²) in [4.78, 5) is 23.3. The molecule has 0 bridgehead atoms. The molecule has 0 fully saturated rings. The summed E-state index contributed by atoms with van der Waals surface area (Å²) in [5.41, 5.74) is 1.68. The maximum Gasteiger partial charge on any atom is 0.319 e. The molecule has 1 aliphatic heterocycles. The molecule has 0 saturated heterocycles. The number of carbonyl (C=O) groups excluding carboxylic acids is 2. The number of rotatable bonds is 1. The minimum atomic E-state index is -0.266. The lowest BCUT2D eigenvalue weighted by atomic mass is 10.0. The van der Waals surface area contributed by atoms with E-state index in [4.69, 9.17) is 4.74 Å². The fraction of sp³-hybridized carbons (Fsp3) is 0.333. The van der Waals surface area contributed by atoms with Crippen molar-refractivity contribution in [2.75, 3.05) is 12.9 Å². The first-order valence-corrected chi connectivity index (χ1v) is 6.08. The van der Waals surface area contributed by atoms with Gasteiger partial charge in [-0.3, -0.25) is 9.59 Å². The van der Waals surface area contributed by atoms with Crippen LogP contribution in [0.5, 0.6) is 0 Å². The smallest absolute Gasteiger partial charge is 0.319 e. The Balaban J connectivity index is 2.31. The highest BCUT2D eigenvalue weighted by Crippen LogP contribution is 2.26. The van der Waals surface area contributed by atoms with Crippen molar-refractivity contribution >= 4 is 23.5 Å². The Hall–Kier alpha value is -1.29. The number of hydrogen-bond donors (Lipinski definition) is 0. The number of Topliss-reactive ketones (excluding diaryl/α,β-unsaturated/α-hetero) is 1. The van der Waals surface area contributed by atoms with E-state index in [1.807, 2.05) is 24.3 Å². The second-order valence-corrected chi connectivity index (χ2v) is 4.80. The summed E-state index contributed by atoms with van der Waals surface area (Å²) in [5, 5.41) is -0.266. The van der Waals surface area contributed by atoms with Crippen molar-refractivity contribution in [1.29, 1.82) is 0 Å². The topological polar surface area (TPSA) is 43.4 Å². The second-order valence-electron chi connectivity index (χ2n) is 3.61. The number of benzene rings is 1. The minimum absolute atomic E-state index is 0.0898. The summed E-state index contributed by atoms with van der Waals surface area (Å²) in [7, 11) is 1.38. The van der Waals surface area contributed by atoms with E-state index in [9.17, 15) is 9.59 Å². The lowest BCUT2D eigenvalue weighted by Crippen LogP contribution is -2.21. The molecule has 84 valence electrons. The highest BCUT2D eigenvalue weighted by Gasteiger charge is 2.27. The molecular weight excluding hydrogens is 224 g/mol. The summed E-state index contributed by atoms with van der Waals surface area (Å²) in [6.45, 7) is 0. The van der Waals surface area contributed by atoms with Crippen LogP contribution >= 0.6 is 11.8 Å². The first-order chi connectivity index (χ1) is 7.72. The van der Waals surface area contributed by atoms with Crippen LogP contribution in [0, 0.1) is 0 Å². The van der Waals surface area contributed by atoms with Crippen LogP contribution < -0.4 is 0 Å². The maximum absolute atomic E-state index is 11.8. The van der Waals surface area contributed by atoms with Crippen LogP contribution in [0.1, 0.15) is 15.9 Å². The molecule has 3 nitrogen and oxygen atoms in total. The van der Waals surface area contributed by atoms with Crippen molar-refractivity contribution < 1.29 is 14.3 Å². The number of fused-ring (bicyclic) bond motifs is 1. The summed E-state index contributed by atoms with van der Waals surface area (Å²) in [5.74, 6) is 0.179. The average molecular weight is 236 g/mol. The Morgan fingerprint density at radius 1 is 1.44 bits per heavy atom. The second kappa shape index (κ2) is 4.70. The highest BCUT2D eigenvalue weighted by atomic mass is 32.2. The lowest BCUT2D eigenvalue weighted by Gasteiger charge is -2.10. The molecule has 0 saturated carbocycles. The van der Waals surface area contributed by atoms with Crippen LogP contribution in [0.3, 0.4) is 0 Å². The van der Waals surface area contributed by atoms with Crippen LogP contribution in [0.2, 0.25) is 0 Å². The molecule has 0 N–H and O–H groups in total. The van der Waals surface area contributed by atoms with Crippen LogP contribution in [0.4, 0.5) is 0 Å². The van der Waals surface area contributed by atoms with E-state index in [0.717, 1.165) is 11.1 Å². The molecule has 0 spiro atoms. The summed E-state index contributed by atoms with van der Waals surface area (Å²) in [6, 6.07) is 7.45. The SMILES string of the molecule is COC(=O)C1Cc2ccccc2C(=O)CS1. The molecule has 1 unspecified atom stereocenters. The molecule has 0 aromatic heterocycles. The standard InChI is InChI=1S/C12H12O3S/c1-15-12(14)11-6-8-4-2-3-5-9(8)10(13)7-16-11/h2-5,11H,6-7H2,1H3. The van der Waals surface area contributed by atoms with Crippen LogP contribution in [-0.4, -0.2) is 29.9 Å². The first kappa shape index (κ1) is 11.2. The molecule has 0 aliphatic carbocycles. The fourth-order valence-corrected chi connectivity index (χ4v) is 2.80. The van der Waals surface area contributed by atoms with Gasteiger partial charge in [-0.25, -0.2) is 0 Å². The Kier molecular flexibility index (Phi) is 3.29. The van der Waals surface area contributed by atoms with Gasteiger partial charge in [0.1, 0.15) is 5.25 Å². The third kappa shape index (κ3) is 2.11. The van der Waals surface area contributed by atoms with Gasteiger partial charge in [0.05, 0.1) is 12.9 Å². The van der Waals surface area contributed by atoms with E-state index in [0.29, 0.717) is 12.2 Å². The first-order valence-electron chi connectivity index (χ1n) is 5.03. The number of esters is 1. The normalized spacial score (nSPS) is 19.8. The van der Waals surface area contributed by atoms with Gasteiger partial charge in [-0.15, -0.1) is 11.8 Å². The van der Waals surface area contributed by atoms with Gasteiger partial charge in [-0.2, -0.15) is 0 Å². The molecule has 1 aromatic rings. The van der Waals surface area contributed by atoms with Crippen molar-refractivity contribution in [3.05, 3.63) is 35.4 Å². The van der Waals surface area contributed by atoms with Crippen LogP contribution in [0.15, 0.2) is 24.3 Å². The number of ketones is 1. The summed E-state index contributed by atoms with van der Waals surface area (Å²) < 4.78 is 4.72. The molecular formula is C12H12O3S. The lowest BCUT2D eigenvalue weighted by molar-refractivity contribution is -0.139. The van der Waals surface area contributed by atoms with Crippen molar-refractivity contribution in [2.24, 2.45) is 0 Å². The van der Waals surface area contributed by atoms with Crippen molar-refractivity contribution in [3.63, 3.8) is 0 Å². The third-order valence-corrected chi connectivity index (χ3v) is 3.79. The third-order valence-electron chi connectivity index (χ3n) is 2.60. The quantitative estimate of drug-likeness (QED) is 0.696. The van der Waals surface area contributed by atoms with E-state index >= 15 is 0 Å². The van der Waals surface area contributed by atoms with E-state index in [2.05, 4.69) is 0 Å². The Morgan fingerprint density at radius 3 is 2.94 bits per heavy atom. The Bertz CT molecular complexity index is 428. The van der Waals surface area contributed by atoms with Crippen LogP contribution in [-0.2, 0) is 16.0 Å². The van der Waals surface area contributed by atoms with Gasteiger partial charge in [-0.1, -0.05) is 24.3 Å². The molecule has 1 heterocycles. The molecule has 1 aliphatic rings. The number of thioether (sulfide) groups is 1. The van der Waals surface area contributed by atoms with E-state index in [-0.39, 0.29) is 17.0 Å². The molecule has 16 heavy (non-hydrogen) atoms. The van der Waals surface area contributed by atoms with Gasteiger partial charge in [-0.05, 0) is 12.0 Å². The predicted octanol–water partition coefficient (Wildman–Crippen LogP) is 1.70. The van der Waals surface area contributed by atoms with Gasteiger partial charge >= 0.3 is 5.97 Å². The van der Waals surface area contributed by atoms with Crippen LogP contribution in [0.25, 0.3) is 0 Å². The van der Waals surface area contributed by atoms with Gasteiger partial charge in [0.25, 0.3) is 0 Å². The summed E-state index contributed by atoms with van der Waals surface area (Å²) in [6.07, 6.45) is 0.569. The summed E-state index contributed by atoms with van der Waals surface area (Å²) >= 11 is 1.36. The molecule has 2 rings (SSSR count). The minimum Gasteiger partial charge on any atom is -0.468 e.